The molecule has 0 atom stereocenters. The zero-order valence-corrected chi connectivity index (χ0v) is 15.1. The van der Waals surface area contributed by atoms with Gasteiger partial charge in [0.15, 0.2) is 0 Å². The van der Waals surface area contributed by atoms with Crippen molar-refractivity contribution >= 4 is 17.4 Å². The van der Waals surface area contributed by atoms with Gasteiger partial charge in [-0.25, -0.2) is 4.98 Å². The van der Waals surface area contributed by atoms with Crippen LogP contribution in [0.25, 0.3) is 0 Å². The Morgan fingerprint density at radius 2 is 1.86 bits per heavy atom. The summed E-state index contributed by atoms with van der Waals surface area (Å²) in [4.78, 5) is 18.6. The van der Waals surface area contributed by atoms with Crippen LogP contribution >= 0.6 is 0 Å². The van der Waals surface area contributed by atoms with Gasteiger partial charge in [-0.05, 0) is 36.4 Å². The molecule has 1 aromatic carbocycles. The van der Waals surface area contributed by atoms with Crippen LogP contribution in [0.1, 0.15) is 15.9 Å². The number of ether oxygens (including phenoxy) is 1. The summed E-state index contributed by atoms with van der Waals surface area (Å²) in [7, 11) is 0. The number of halogens is 3. The maximum Gasteiger partial charge on any atom is 0.416 e. The summed E-state index contributed by atoms with van der Waals surface area (Å²) in [6.45, 7) is 4.38. The van der Waals surface area contributed by atoms with Gasteiger partial charge in [0.05, 0.1) is 18.8 Å². The van der Waals surface area contributed by atoms with Crippen LogP contribution in [0, 0.1) is 0 Å². The molecule has 0 saturated carbocycles. The number of benzene rings is 1. The highest BCUT2D eigenvalue weighted by Gasteiger charge is 2.29. The first-order valence-corrected chi connectivity index (χ1v) is 8.90. The first-order valence-electron chi connectivity index (χ1n) is 8.90. The summed E-state index contributed by atoms with van der Waals surface area (Å²) < 4.78 is 43.2. The quantitative estimate of drug-likeness (QED) is 0.789. The third-order valence-corrected chi connectivity index (χ3v) is 4.32. The molecule has 0 aliphatic carbocycles. The second-order valence-electron chi connectivity index (χ2n) is 6.34. The van der Waals surface area contributed by atoms with Gasteiger partial charge in [0, 0.05) is 43.6 Å². The van der Waals surface area contributed by atoms with Gasteiger partial charge in [-0.2, -0.15) is 13.2 Å². The number of pyridine rings is 1. The number of hydrogen-bond acceptors (Lipinski definition) is 5. The van der Waals surface area contributed by atoms with Crippen LogP contribution in [0.2, 0.25) is 0 Å². The minimum atomic E-state index is -4.38. The number of anilines is 2. The number of morpholine rings is 1. The number of carbonyl (C=O) groups is 1. The van der Waals surface area contributed by atoms with E-state index in [1.807, 2.05) is 0 Å². The first kappa shape index (κ1) is 20.1. The van der Waals surface area contributed by atoms with Crippen LogP contribution in [-0.2, 0) is 10.9 Å². The van der Waals surface area contributed by atoms with E-state index in [9.17, 15) is 18.0 Å². The lowest BCUT2D eigenvalue weighted by atomic mass is 10.2. The van der Waals surface area contributed by atoms with E-state index < -0.39 is 11.7 Å². The summed E-state index contributed by atoms with van der Waals surface area (Å²) >= 11 is 0. The standard InChI is InChI=1S/C19H21F3N4O2/c20-19(21,22)15-1-3-16(4-2-15)25-17-13-14(5-6-23-17)18(27)24-7-8-26-9-11-28-12-10-26/h1-6,13H,7-12H2,(H,23,25)(H,24,27). The second kappa shape index (κ2) is 9.03. The van der Waals surface area contributed by atoms with E-state index in [2.05, 4.69) is 20.5 Å². The van der Waals surface area contributed by atoms with Crippen LogP contribution in [0.4, 0.5) is 24.7 Å². The number of nitrogens with zero attached hydrogens (tertiary/aromatic N) is 2. The topological polar surface area (TPSA) is 66.5 Å². The molecule has 1 aliphatic heterocycles. The molecule has 0 spiro atoms. The smallest absolute Gasteiger partial charge is 0.379 e. The van der Waals surface area contributed by atoms with Gasteiger partial charge in [-0.3, -0.25) is 9.69 Å². The number of aromatic nitrogens is 1. The zero-order chi connectivity index (χ0) is 20.0. The van der Waals surface area contributed by atoms with E-state index in [0.29, 0.717) is 36.8 Å². The molecule has 1 amide bonds. The first-order chi connectivity index (χ1) is 13.4. The van der Waals surface area contributed by atoms with Crippen LogP contribution in [-0.4, -0.2) is 55.2 Å². The molecule has 2 aromatic rings. The molecule has 9 heteroatoms. The molecule has 150 valence electrons. The van der Waals surface area contributed by atoms with E-state index in [1.165, 1.54) is 18.3 Å². The van der Waals surface area contributed by atoms with Gasteiger partial charge in [-0.15, -0.1) is 0 Å². The van der Waals surface area contributed by atoms with Crippen LogP contribution in [0.15, 0.2) is 42.6 Å². The number of nitrogens with one attached hydrogen (secondary N) is 2. The molecule has 0 unspecified atom stereocenters. The molecular weight excluding hydrogens is 373 g/mol. The zero-order valence-electron chi connectivity index (χ0n) is 15.1. The van der Waals surface area contributed by atoms with Gasteiger partial charge in [0.25, 0.3) is 5.91 Å². The molecular formula is C19H21F3N4O2. The van der Waals surface area contributed by atoms with Gasteiger partial charge in [-0.1, -0.05) is 0 Å². The molecule has 0 radical (unpaired) electrons. The van der Waals surface area contributed by atoms with Crippen molar-refractivity contribution in [3.63, 3.8) is 0 Å². The summed E-state index contributed by atoms with van der Waals surface area (Å²) in [5, 5.41) is 5.76. The highest BCUT2D eigenvalue weighted by Crippen LogP contribution is 2.30. The molecule has 1 saturated heterocycles. The lowest BCUT2D eigenvalue weighted by Gasteiger charge is -2.26. The maximum atomic E-state index is 12.6. The summed E-state index contributed by atoms with van der Waals surface area (Å²) in [6.07, 6.45) is -2.90. The highest BCUT2D eigenvalue weighted by molar-refractivity contribution is 5.94. The second-order valence-corrected chi connectivity index (χ2v) is 6.34. The van der Waals surface area contributed by atoms with Crippen LogP contribution in [0.5, 0.6) is 0 Å². The third-order valence-electron chi connectivity index (χ3n) is 4.32. The summed E-state index contributed by atoms with van der Waals surface area (Å²) in [5.74, 6) is 0.145. The number of hydrogen-bond donors (Lipinski definition) is 2. The van der Waals surface area contributed by atoms with E-state index in [0.717, 1.165) is 31.8 Å². The van der Waals surface area contributed by atoms with Crippen molar-refractivity contribution in [3.8, 4) is 0 Å². The molecule has 0 bridgehead atoms. The van der Waals surface area contributed by atoms with Gasteiger partial charge in [0.1, 0.15) is 5.82 Å². The predicted molar refractivity (Wildman–Crippen MR) is 98.6 cm³/mol. The Hall–Kier alpha value is -2.65. The third kappa shape index (κ3) is 5.67. The van der Waals surface area contributed by atoms with E-state index in [-0.39, 0.29) is 5.91 Å². The van der Waals surface area contributed by atoms with E-state index in [4.69, 9.17) is 4.74 Å². The van der Waals surface area contributed by atoms with Crippen molar-refractivity contribution in [3.05, 3.63) is 53.7 Å². The maximum absolute atomic E-state index is 12.6. The van der Waals surface area contributed by atoms with Crippen molar-refractivity contribution in [2.24, 2.45) is 0 Å². The number of alkyl halides is 3. The molecule has 2 N–H and O–H groups in total. The van der Waals surface area contributed by atoms with E-state index in [1.54, 1.807) is 12.1 Å². The fourth-order valence-electron chi connectivity index (χ4n) is 2.78. The normalized spacial score (nSPS) is 15.2. The Labute approximate surface area is 160 Å². The highest BCUT2D eigenvalue weighted by atomic mass is 19.4. The Kier molecular flexibility index (Phi) is 6.48. The minimum Gasteiger partial charge on any atom is -0.379 e. The van der Waals surface area contributed by atoms with Crippen molar-refractivity contribution in [2.45, 2.75) is 6.18 Å². The Bertz CT molecular complexity index is 791. The summed E-state index contributed by atoms with van der Waals surface area (Å²) in [6, 6.07) is 7.76. The number of carbonyl (C=O) groups excluding carboxylic acids is 1. The lowest BCUT2D eigenvalue weighted by molar-refractivity contribution is -0.137. The molecule has 28 heavy (non-hydrogen) atoms. The predicted octanol–water partition coefficient (Wildman–Crippen LogP) is 2.91. The number of amides is 1. The Balaban J connectivity index is 1.54. The van der Waals surface area contributed by atoms with Crippen molar-refractivity contribution < 1.29 is 22.7 Å². The van der Waals surface area contributed by atoms with E-state index >= 15 is 0 Å². The average molecular weight is 394 g/mol. The summed E-state index contributed by atoms with van der Waals surface area (Å²) in [5.41, 5.74) is 0.149. The Morgan fingerprint density at radius 1 is 1.14 bits per heavy atom. The molecule has 1 aliphatic rings. The van der Waals surface area contributed by atoms with Crippen LogP contribution < -0.4 is 10.6 Å². The lowest BCUT2D eigenvalue weighted by Crippen LogP contribution is -2.41. The minimum absolute atomic E-state index is 0.230. The van der Waals surface area contributed by atoms with Gasteiger partial charge >= 0.3 is 6.18 Å². The van der Waals surface area contributed by atoms with Gasteiger partial charge in [0.2, 0.25) is 0 Å². The average Bonchev–Trinajstić information content (AvgIpc) is 2.69. The largest absolute Gasteiger partial charge is 0.416 e. The molecule has 6 nitrogen and oxygen atoms in total. The molecule has 2 heterocycles. The molecule has 1 fully saturated rings. The van der Waals surface area contributed by atoms with Crippen molar-refractivity contribution in [1.29, 1.82) is 0 Å². The van der Waals surface area contributed by atoms with Crippen molar-refractivity contribution in [2.75, 3.05) is 44.7 Å². The fourth-order valence-corrected chi connectivity index (χ4v) is 2.78. The molecule has 3 rings (SSSR count). The SMILES string of the molecule is O=C(NCCN1CCOCC1)c1ccnc(Nc2ccc(C(F)(F)F)cc2)c1. The van der Waals surface area contributed by atoms with Gasteiger partial charge < -0.3 is 15.4 Å². The molecule has 1 aromatic heterocycles. The fraction of sp³-hybridized carbons (Fsp3) is 0.368. The monoisotopic (exact) mass is 394 g/mol. The Morgan fingerprint density at radius 3 is 2.54 bits per heavy atom. The van der Waals surface area contributed by atoms with Crippen LogP contribution in [0.3, 0.4) is 0 Å². The number of rotatable bonds is 6. The van der Waals surface area contributed by atoms with Crippen molar-refractivity contribution in [1.82, 2.24) is 15.2 Å².